The van der Waals surface area contributed by atoms with E-state index >= 15 is 0 Å². The lowest BCUT2D eigenvalue weighted by atomic mass is 10.2. The number of hydrogen-bond donors (Lipinski definition) is 0. The fourth-order valence-corrected chi connectivity index (χ4v) is 3.57. The summed E-state index contributed by atoms with van der Waals surface area (Å²) in [6, 6.07) is 5.94. The van der Waals surface area contributed by atoms with Crippen molar-refractivity contribution in [2.75, 3.05) is 6.54 Å². The molecule has 1 fully saturated rings. The third-order valence-electron chi connectivity index (χ3n) is 4.55. The molecule has 1 aromatic carbocycles. The standard InChI is InChI=1S/C17H18Cl2N6/c18-16-4-3-14(8-17(16)19)25-10-13(21-22-25)9-24-6-1-2-15(24)11-23-7-5-20-12-23/h3-5,7-8,10,12,15H,1-2,6,9,11H2/t15-/m0/s1. The third kappa shape index (κ3) is 3.71. The van der Waals surface area contributed by atoms with Crippen LogP contribution in [0.15, 0.2) is 43.1 Å². The number of imidazole rings is 1. The van der Waals surface area contributed by atoms with Crippen LogP contribution in [-0.4, -0.2) is 42.0 Å². The third-order valence-corrected chi connectivity index (χ3v) is 5.29. The first-order valence-corrected chi connectivity index (χ1v) is 9.01. The Morgan fingerprint density at radius 3 is 2.92 bits per heavy atom. The predicted octanol–water partition coefficient (Wildman–Crippen LogP) is 3.44. The number of rotatable bonds is 5. The van der Waals surface area contributed by atoms with Gasteiger partial charge in [-0.25, -0.2) is 9.67 Å². The van der Waals surface area contributed by atoms with Crippen molar-refractivity contribution in [1.82, 2.24) is 29.4 Å². The van der Waals surface area contributed by atoms with Gasteiger partial charge in [-0.3, -0.25) is 4.90 Å². The fourth-order valence-electron chi connectivity index (χ4n) is 3.28. The van der Waals surface area contributed by atoms with Gasteiger partial charge in [-0.1, -0.05) is 28.4 Å². The normalized spacial score (nSPS) is 18.1. The molecule has 0 unspecified atom stereocenters. The molecule has 0 aliphatic carbocycles. The van der Waals surface area contributed by atoms with Crippen LogP contribution < -0.4 is 0 Å². The van der Waals surface area contributed by atoms with Crippen molar-refractivity contribution < 1.29 is 0 Å². The Kier molecular flexibility index (Phi) is 4.74. The molecule has 2 aromatic heterocycles. The smallest absolute Gasteiger partial charge is 0.0971 e. The summed E-state index contributed by atoms with van der Waals surface area (Å²) in [5.74, 6) is 0. The number of hydrogen-bond acceptors (Lipinski definition) is 4. The van der Waals surface area contributed by atoms with Crippen LogP contribution in [0.25, 0.3) is 5.69 Å². The summed E-state index contributed by atoms with van der Waals surface area (Å²) < 4.78 is 3.87. The van der Waals surface area contributed by atoms with E-state index in [4.69, 9.17) is 23.2 Å². The summed E-state index contributed by atoms with van der Waals surface area (Å²) in [7, 11) is 0. The molecule has 0 radical (unpaired) electrons. The first-order valence-electron chi connectivity index (χ1n) is 8.25. The van der Waals surface area contributed by atoms with E-state index in [1.54, 1.807) is 16.8 Å². The summed E-state index contributed by atoms with van der Waals surface area (Å²) in [4.78, 5) is 6.58. The Hall–Kier alpha value is -1.89. The van der Waals surface area contributed by atoms with E-state index in [-0.39, 0.29) is 0 Å². The Bertz CT molecular complexity index is 845. The van der Waals surface area contributed by atoms with E-state index < -0.39 is 0 Å². The van der Waals surface area contributed by atoms with Crippen molar-refractivity contribution in [1.29, 1.82) is 0 Å². The Balaban J connectivity index is 1.46. The minimum absolute atomic E-state index is 0.504. The summed E-state index contributed by atoms with van der Waals surface area (Å²) in [5, 5.41) is 9.58. The lowest BCUT2D eigenvalue weighted by Crippen LogP contribution is -2.32. The average molecular weight is 377 g/mol. The van der Waals surface area contributed by atoms with Gasteiger partial charge in [0, 0.05) is 31.5 Å². The van der Waals surface area contributed by atoms with Crippen LogP contribution in [0.3, 0.4) is 0 Å². The zero-order valence-electron chi connectivity index (χ0n) is 13.6. The molecule has 0 N–H and O–H groups in total. The highest BCUT2D eigenvalue weighted by molar-refractivity contribution is 6.42. The van der Waals surface area contributed by atoms with Crippen LogP contribution in [0.2, 0.25) is 10.0 Å². The molecule has 1 atom stereocenters. The minimum Gasteiger partial charge on any atom is -0.336 e. The molecule has 4 rings (SSSR count). The second kappa shape index (κ2) is 7.15. The summed E-state index contributed by atoms with van der Waals surface area (Å²) in [6.07, 6.45) is 10.1. The summed E-state index contributed by atoms with van der Waals surface area (Å²) in [5.41, 5.74) is 1.80. The molecule has 3 heterocycles. The first kappa shape index (κ1) is 16.6. The van der Waals surface area contributed by atoms with Crippen LogP contribution in [0, 0.1) is 0 Å². The average Bonchev–Trinajstić information content (AvgIpc) is 3.34. The lowest BCUT2D eigenvalue weighted by Gasteiger charge is -2.23. The highest BCUT2D eigenvalue weighted by Gasteiger charge is 2.25. The number of benzene rings is 1. The number of aromatic nitrogens is 5. The first-order chi connectivity index (χ1) is 12.2. The van der Waals surface area contributed by atoms with E-state index in [0.717, 1.165) is 31.0 Å². The van der Waals surface area contributed by atoms with Gasteiger partial charge in [0.2, 0.25) is 0 Å². The molecule has 1 aliphatic heterocycles. The van der Waals surface area contributed by atoms with Gasteiger partial charge in [-0.2, -0.15) is 0 Å². The summed E-state index contributed by atoms with van der Waals surface area (Å²) in [6.45, 7) is 2.83. The monoisotopic (exact) mass is 376 g/mol. The quantitative estimate of drug-likeness (QED) is 0.684. The van der Waals surface area contributed by atoms with Crippen LogP contribution in [0.5, 0.6) is 0 Å². The van der Waals surface area contributed by atoms with E-state index in [1.165, 1.54) is 12.8 Å². The van der Waals surface area contributed by atoms with Gasteiger partial charge in [0.15, 0.2) is 0 Å². The topological polar surface area (TPSA) is 51.8 Å². The second-order valence-electron chi connectivity index (χ2n) is 6.28. The molecule has 130 valence electrons. The van der Waals surface area contributed by atoms with Crippen molar-refractivity contribution in [3.05, 3.63) is 58.9 Å². The van der Waals surface area contributed by atoms with Crippen molar-refractivity contribution in [2.45, 2.75) is 32.0 Å². The van der Waals surface area contributed by atoms with Gasteiger partial charge in [0.1, 0.15) is 0 Å². The van der Waals surface area contributed by atoms with Crippen LogP contribution >= 0.6 is 23.2 Å². The number of halogens is 2. The summed E-state index contributed by atoms with van der Waals surface area (Å²) >= 11 is 12.1. The van der Waals surface area contributed by atoms with E-state index in [0.29, 0.717) is 16.1 Å². The van der Waals surface area contributed by atoms with Gasteiger partial charge in [-0.15, -0.1) is 5.10 Å². The molecule has 25 heavy (non-hydrogen) atoms. The number of nitrogens with zero attached hydrogens (tertiary/aromatic N) is 6. The molecule has 8 heteroatoms. The lowest BCUT2D eigenvalue weighted by molar-refractivity contribution is 0.222. The predicted molar refractivity (Wildman–Crippen MR) is 97.0 cm³/mol. The Labute approximate surface area is 156 Å². The zero-order valence-corrected chi connectivity index (χ0v) is 15.1. The van der Waals surface area contributed by atoms with E-state index in [2.05, 4.69) is 24.8 Å². The maximum absolute atomic E-state index is 6.09. The van der Waals surface area contributed by atoms with Gasteiger partial charge in [0.25, 0.3) is 0 Å². The van der Waals surface area contributed by atoms with Crippen LogP contribution in [0.1, 0.15) is 18.5 Å². The van der Waals surface area contributed by atoms with Gasteiger partial charge >= 0.3 is 0 Å². The maximum atomic E-state index is 6.09. The zero-order chi connectivity index (χ0) is 17.2. The van der Waals surface area contributed by atoms with E-state index in [1.807, 2.05) is 31.0 Å². The highest BCUT2D eigenvalue weighted by atomic mass is 35.5. The molecule has 0 spiro atoms. The number of likely N-dealkylation sites (tertiary alicyclic amines) is 1. The SMILES string of the molecule is Clc1ccc(-n2cc(CN3CCC[C@H]3Cn3ccnc3)nn2)cc1Cl. The van der Waals surface area contributed by atoms with Crippen molar-refractivity contribution in [3.8, 4) is 5.69 Å². The Morgan fingerprint density at radius 2 is 2.12 bits per heavy atom. The largest absolute Gasteiger partial charge is 0.336 e. The molecule has 1 aliphatic rings. The van der Waals surface area contributed by atoms with Crippen molar-refractivity contribution in [3.63, 3.8) is 0 Å². The molecular weight excluding hydrogens is 359 g/mol. The van der Waals surface area contributed by atoms with Crippen LogP contribution in [-0.2, 0) is 13.1 Å². The van der Waals surface area contributed by atoms with Crippen LogP contribution in [0.4, 0.5) is 0 Å². The molecule has 0 amide bonds. The molecule has 0 saturated carbocycles. The minimum atomic E-state index is 0.504. The Morgan fingerprint density at radius 1 is 1.20 bits per heavy atom. The van der Waals surface area contributed by atoms with Gasteiger partial charge in [-0.05, 0) is 37.6 Å². The maximum Gasteiger partial charge on any atom is 0.0971 e. The molecule has 6 nitrogen and oxygen atoms in total. The molecular formula is C17H18Cl2N6. The molecule has 1 saturated heterocycles. The van der Waals surface area contributed by atoms with Gasteiger partial charge < -0.3 is 4.57 Å². The fraction of sp³-hybridized carbons (Fsp3) is 0.353. The van der Waals surface area contributed by atoms with Crippen molar-refractivity contribution in [2.24, 2.45) is 0 Å². The van der Waals surface area contributed by atoms with E-state index in [9.17, 15) is 0 Å². The second-order valence-corrected chi connectivity index (χ2v) is 7.09. The molecule has 0 bridgehead atoms. The molecule has 3 aromatic rings. The van der Waals surface area contributed by atoms with Crippen molar-refractivity contribution >= 4 is 23.2 Å². The highest BCUT2D eigenvalue weighted by Crippen LogP contribution is 2.25. The van der Waals surface area contributed by atoms with Gasteiger partial charge in [0.05, 0.1) is 34.0 Å².